The van der Waals surface area contributed by atoms with Crippen LogP contribution in [0.25, 0.3) is 10.8 Å². The van der Waals surface area contributed by atoms with Crippen LogP contribution >= 0.6 is 0 Å². The van der Waals surface area contributed by atoms with E-state index in [2.05, 4.69) is 15.9 Å². The number of hydrogen-bond acceptors (Lipinski definition) is 8. The van der Waals surface area contributed by atoms with Gasteiger partial charge in [-0.15, -0.1) is 0 Å². The number of amides is 3. The monoisotopic (exact) mass is 571 g/mol. The van der Waals surface area contributed by atoms with E-state index in [9.17, 15) is 14.7 Å². The van der Waals surface area contributed by atoms with Crippen LogP contribution in [-0.2, 0) is 16.1 Å². The molecule has 4 saturated heterocycles. The maximum absolute atomic E-state index is 14.4. The lowest BCUT2D eigenvalue weighted by Gasteiger charge is -2.32. The van der Waals surface area contributed by atoms with Crippen LogP contribution in [0.2, 0.25) is 0 Å². The summed E-state index contributed by atoms with van der Waals surface area (Å²) in [6.45, 7) is 5.64. The quantitative estimate of drug-likeness (QED) is 0.329. The number of carbonyl (C=O) groups excluding carboxylic acids is 2. The molecular weight excluding hydrogens is 534 g/mol. The van der Waals surface area contributed by atoms with Crippen molar-refractivity contribution >= 4 is 28.4 Å². The Labute approximate surface area is 245 Å². The third-order valence-corrected chi connectivity index (χ3v) is 9.66. The molecule has 7 rings (SSSR count). The molecular formula is C32H37N5O5. The summed E-state index contributed by atoms with van der Waals surface area (Å²) in [5.41, 5.74) is 8.08. The number of nitrogens with two attached hydrogens (primary N) is 1. The predicted octanol–water partition coefficient (Wildman–Crippen LogP) is 3.05. The van der Waals surface area contributed by atoms with Crippen molar-refractivity contribution in [2.45, 2.75) is 24.5 Å². The first kappa shape index (κ1) is 27.0. The Bertz CT molecular complexity index is 1540. The minimum atomic E-state index is -0.927. The number of urea groups is 1. The van der Waals surface area contributed by atoms with Crippen molar-refractivity contribution in [3.05, 3.63) is 65.7 Å². The van der Waals surface area contributed by atoms with E-state index < -0.39 is 5.54 Å². The Balaban J connectivity index is 1.22. The van der Waals surface area contributed by atoms with Gasteiger partial charge in [-0.1, -0.05) is 36.4 Å². The molecule has 10 nitrogen and oxygen atoms in total. The third-order valence-electron chi connectivity index (χ3n) is 9.66. The van der Waals surface area contributed by atoms with Crippen LogP contribution in [0.5, 0.6) is 11.5 Å². The smallest absolute Gasteiger partial charge is 0.328 e. The summed E-state index contributed by atoms with van der Waals surface area (Å²) >= 11 is 0. The molecule has 0 aliphatic carbocycles. The van der Waals surface area contributed by atoms with Gasteiger partial charge in [-0.25, -0.2) is 4.79 Å². The first-order chi connectivity index (χ1) is 20.4. The molecule has 4 aliphatic heterocycles. The van der Waals surface area contributed by atoms with Gasteiger partial charge in [-0.05, 0) is 41.1 Å². The number of methoxy groups -OCH3 is 1. The molecule has 0 aromatic heterocycles. The Morgan fingerprint density at radius 2 is 1.81 bits per heavy atom. The maximum atomic E-state index is 14.4. The van der Waals surface area contributed by atoms with Crippen molar-refractivity contribution in [3.8, 4) is 11.5 Å². The zero-order valence-corrected chi connectivity index (χ0v) is 23.9. The van der Waals surface area contributed by atoms with Gasteiger partial charge in [0.2, 0.25) is 0 Å². The number of anilines is 1. The first-order valence-corrected chi connectivity index (χ1v) is 14.7. The highest BCUT2D eigenvalue weighted by molar-refractivity contribution is 6.09. The fourth-order valence-electron chi connectivity index (χ4n) is 7.67. The lowest BCUT2D eigenvalue weighted by atomic mass is 9.87. The van der Waals surface area contributed by atoms with E-state index in [-0.39, 0.29) is 29.6 Å². The standard InChI is InChI=1S/C32H37N5O5/c1-41-29-9-6-21(16-28(29)38)18-35-19-22-17-27(25-7-8-26(33)24-5-3-2-4-23(24)25)37-31(40)36(30(39)32(22,37)20-35)11-10-34-12-14-42-15-13-34/h2-9,16,22,27,38H,10-15,17-20,33H2,1H3/t22-,27-,32+/m1/s1. The van der Waals surface area contributed by atoms with E-state index >= 15 is 0 Å². The molecule has 42 heavy (non-hydrogen) atoms. The zero-order chi connectivity index (χ0) is 29.0. The molecule has 0 unspecified atom stereocenters. The highest BCUT2D eigenvalue weighted by Gasteiger charge is 2.70. The summed E-state index contributed by atoms with van der Waals surface area (Å²) in [7, 11) is 1.53. The average Bonchev–Trinajstić information content (AvgIpc) is 3.57. The second-order valence-electron chi connectivity index (χ2n) is 11.9. The van der Waals surface area contributed by atoms with Gasteiger partial charge in [0.1, 0.15) is 5.54 Å². The number of likely N-dealkylation sites (tertiary alicyclic amines) is 1. The molecule has 4 aliphatic rings. The number of rotatable bonds is 7. The molecule has 3 amide bonds. The molecule has 3 aromatic carbocycles. The number of nitrogens with zero attached hydrogens (tertiary/aromatic N) is 4. The van der Waals surface area contributed by atoms with Crippen molar-refractivity contribution in [3.63, 3.8) is 0 Å². The van der Waals surface area contributed by atoms with Crippen molar-refractivity contribution < 1.29 is 24.2 Å². The van der Waals surface area contributed by atoms with Gasteiger partial charge in [-0.2, -0.15) is 0 Å². The van der Waals surface area contributed by atoms with E-state index in [1.807, 2.05) is 41.3 Å². The lowest BCUT2D eigenvalue weighted by Crippen LogP contribution is -2.51. The molecule has 220 valence electrons. The largest absolute Gasteiger partial charge is 0.504 e. The molecule has 4 heterocycles. The van der Waals surface area contributed by atoms with Crippen LogP contribution in [-0.4, -0.2) is 102 Å². The van der Waals surface area contributed by atoms with Gasteiger partial charge in [0.15, 0.2) is 11.5 Å². The topological polar surface area (TPSA) is 112 Å². The second kappa shape index (κ2) is 10.4. The summed E-state index contributed by atoms with van der Waals surface area (Å²) in [5.74, 6) is 0.405. The Kier molecular flexibility index (Phi) is 6.72. The number of nitrogen functional groups attached to an aromatic ring is 1. The summed E-state index contributed by atoms with van der Waals surface area (Å²) in [6, 6.07) is 17.0. The first-order valence-electron chi connectivity index (χ1n) is 14.7. The third kappa shape index (κ3) is 4.20. The summed E-state index contributed by atoms with van der Waals surface area (Å²) in [6.07, 6.45) is 0.701. The van der Waals surface area contributed by atoms with Crippen LogP contribution in [0, 0.1) is 5.92 Å². The van der Waals surface area contributed by atoms with E-state index in [1.165, 1.54) is 12.0 Å². The van der Waals surface area contributed by atoms with Crippen LogP contribution in [0.15, 0.2) is 54.6 Å². The van der Waals surface area contributed by atoms with Crippen LogP contribution in [0.1, 0.15) is 23.6 Å². The predicted molar refractivity (Wildman–Crippen MR) is 158 cm³/mol. The minimum absolute atomic E-state index is 0.0181. The van der Waals surface area contributed by atoms with Gasteiger partial charge in [0.25, 0.3) is 5.91 Å². The van der Waals surface area contributed by atoms with Gasteiger partial charge in [-0.3, -0.25) is 19.5 Å². The normalized spacial score (nSPS) is 26.3. The Morgan fingerprint density at radius 1 is 1.02 bits per heavy atom. The summed E-state index contributed by atoms with van der Waals surface area (Å²) in [4.78, 5) is 36.6. The molecule has 0 saturated carbocycles. The number of imide groups is 1. The van der Waals surface area contributed by atoms with Crippen LogP contribution in [0.3, 0.4) is 0 Å². The number of ether oxygens (including phenoxy) is 2. The number of fused-ring (bicyclic) bond motifs is 1. The second-order valence-corrected chi connectivity index (χ2v) is 11.9. The molecule has 4 fully saturated rings. The SMILES string of the molecule is COc1ccc(CN2C[C@H]3C[C@H](c4ccc(N)c5ccccc45)N4C(=O)N(CCN5CCOCC5)C(=O)[C@]34C2)cc1O. The molecule has 3 atom stereocenters. The number of phenols is 1. The highest BCUT2D eigenvalue weighted by Crippen LogP contribution is 2.55. The number of hydrogen-bond donors (Lipinski definition) is 2. The fourth-order valence-corrected chi connectivity index (χ4v) is 7.67. The molecule has 3 N–H and O–H groups in total. The molecule has 0 bridgehead atoms. The zero-order valence-electron chi connectivity index (χ0n) is 23.9. The van der Waals surface area contributed by atoms with E-state index in [0.29, 0.717) is 63.8 Å². The maximum Gasteiger partial charge on any atom is 0.328 e. The van der Waals surface area contributed by atoms with Gasteiger partial charge in [0.05, 0.1) is 26.4 Å². The highest BCUT2D eigenvalue weighted by atomic mass is 16.5. The number of carbonyl (C=O) groups is 2. The van der Waals surface area contributed by atoms with Gasteiger partial charge in [0, 0.05) is 62.8 Å². The van der Waals surface area contributed by atoms with Crippen LogP contribution in [0.4, 0.5) is 10.5 Å². The van der Waals surface area contributed by atoms with Crippen molar-refractivity contribution in [2.24, 2.45) is 5.92 Å². The molecule has 0 radical (unpaired) electrons. The van der Waals surface area contributed by atoms with E-state index in [1.54, 1.807) is 12.1 Å². The molecule has 1 spiro atoms. The fraction of sp³-hybridized carbons (Fsp3) is 0.438. The number of benzene rings is 3. The Morgan fingerprint density at radius 3 is 2.57 bits per heavy atom. The Hall–Kier alpha value is -3.86. The number of aromatic hydroxyl groups is 1. The van der Waals surface area contributed by atoms with Crippen molar-refractivity contribution in [1.82, 2.24) is 19.6 Å². The molecule has 10 heteroatoms. The summed E-state index contributed by atoms with van der Waals surface area (Å²) < 4.78 is 10.7. The van der Waals surface area contributed by atoms with Gasteiger partial charge < -0.3 is 25.2 Å². The number of phenolic OH excluding ortho intramolecular Hbond substituents is 1. The summed E-state index contributed by atoms with van der Waals surface area (Å²) in [5, 5.41) is 12.3. The minimum Gasteiger partial charge on any atom is -0.504 e. The average molecular weight is 572 g/mol. The van der Waals surface area contributed by atoms with Crippen molar-refractivity contribution in [2.75, 3.05) is 65.3 Å². The van der Waals surface area contributed by atoms with Crippen LogP contribution < -0.4 is 10.5 Å². The van der Waals surface area contributed by atoms with E-state index in [0.717, 1.165) is 35.0 Å². The lowest BCUT2D eigenvalue weighted by molar-refractivity contribution is -0.133. The van der Waals surface area contributed by atoms with Gasteiger partial charge >= 0.3 is 6.03 Å². The van der Waals surface area contributed by atoms with Crippen molar-refractivity contribution in [1.29, 1.82) is 0 Å². The number of morpholine rings is 1. The van der Waals surface area contributed by atoms with E-state index in [4.69, 9.17) is 15.2 Å². The molecule has 3 aromatic rings.